The number of hydrogen-bond acceptors (Lipinski definition) is 5. The zero-order valence-electron chi connectivity index (χ0n) is 18.8. The van der Waals surface area contributed by atoms with E-state index in [1.165, 1.54) is 22.9 Å². The zero-order chi connectivity index (χ0) is 22.8. The molecule has 2 aromatic heterocycles. The summed E-state index contributed by atoms with van der Waals surface area (Å²) in [6, 6.07) is 13.6. The third-order valence-electron chi connectivity index (χ3n) is 5.67. The van der Waals surface area contributed by atoms with Crippen molar-refractivity contribution in [1.82, 2.24) is 24.5 Å². The molecular weight excluding hydrogens is 422 g/mol. The van der Waals surface area contributed by atoms with Gasteiger partial charge in [-0.1, -0.05) is 49.0 Å². The first-order valence-electron chi connectivity index (χ1n) is 10.8. The van der Waals surface area contributed by atoms with E-state index in [0.717, 1.165) is 17.5 Å². The van der Waals surface area contributed by atoms with Gasteiger partial charge >= 0.3 is 0 Å². The van der Waals surface area contributed by atoms with E-state index >= 15 is 0 Å². The van der Waals surface area contributed by atoms with Crippen LogP contribution in [0.25, 0.3) is 16.7 Å². The highest BCUT2D eigenvalue weighted by atomic mass is 32.2. The van der Waals surface area contributed by atoms with Crippen LogP contribution in [-0.2, 0) is 11.3 Å². The first-order chi connectivity index (χ1) is 15.4. The third kappa shape index (κ3) is 4.14. The van der Waals surface area contributed by atoms with Crippen LogP contribution in [0.15, 0.2) is 52.4 Å². The van der Waals surface area contributed by atoms with Crippen LogP contribution in [0.5, 0.6) is 0 Å². The Bertz CT molecular complexity index is 1360. The standard InChI is InChI=1S/C24H27N5O2S/c1-5-12-28-22(31)19-8-6-7-9-20(19)29-23(28)26-27-24(29)32-14-21(30)25-17(4)18-11-10-15(2)16(3)13-18/h6-11,13,17H,5,12,14H2,1-4H3,(H,25,30). The van der Waals surface area contributed by atoms with Gasteiger partial charge in [0.05, 0.1) is 22.7 Å². The van der Waals surface area contributed by atoms with E-state index in [1.54, 1.807) is 4.57 Å². The maximum absolute atomic E-state index is 12.9. The lowest BCUT2D eigenvalue weighted by Crippen LogP contribution is -2.28. The molecular formula is C24H27N5O2S. The van der Waals surface area contributed by atoms with Crippen molar-refractivity contribution in [2.75, 3.05) is 5.75 Å². The van der Waals surface area contributed by atoms with Gasteiger partial charge in [0, 0.05) is 6.54 Å². The number of benzene rings is 2. The number of aryl methyl sites for hydroxylation is 3. The Morgan fingerprint density at radius 2 is 1.91 bits per heavy atom. The highest BCUT2D eigenvalue weighted by Gasteiger charge is 2.18. The Kier molecular flexibility index (Phi) is 6.32. The van der Waals surface area contributed by atoms with E-state index in [-0.39, 0.29) is 23.3 Å². The minimum Gasteiger partial charge on any atom is -0.349 e. The van der Waals surface area contributed by atoms with Crippen molar-refractivity contribution < 1.29 is 4.79 Å². The molecule has 1 atom stereocenters. The fourth-order valence-electron chi connectivity index (χ4n) is 3.78. The summed E-state index contributed by atoms with van der Waals surface area (Å²) in [5, 5.41) is 12.8. The van der Waals surface area contributed by atoms with E-state index in [4.69, 9.17) is 0 Å². The summed E-state index contributed by atoms with van der Waals surface area (Å²) in [4.78, 5) is 25.6. The minimum absolute atomic E-state index is 0.0705. The number of para-hydroxylation sites is 1. The van der Waals surface area contributed by atoms with Crippen molar-refractivity contribution in [3.8, 4) is 0 Å². The van der Waals surface area contributed by atoms with E-state index in [1.807, 2.05) is 48.6 Å². The predicted molar refractivity (Wildman–Crippen MR) is 128 cm³/mol. The van der Waals surface area contributed by atoms with Crippen LogP contribution in [-0.4, -0.2) is 30.8 Å². The number of nitrogens with zero attached hydrogens (tertiary/aromatic N) is 4. The molecule has 2 aromatic carbocycles. The van der Waals surface area contributed by atoms with E-state index in [0.29, 0.717) is 22.9 Å². The number of carbonyl (C=O) groups excluding carboxylic acids is 1. The lowest BCUT2D eigenvalue weighted by atomic mass is 10.0. The number of hydrogen-bond donors (Lipinski definition) is 1. The van der Waals surface area contributed by atoms with Gasteiger partial charge in [0.25, 0.3) is 5.56 Å². The average Bonchev–Trinajstić information content (AvgIpc) is 3.21. The zero-order valence-corrected chi connectivity index (χ0v) is 19.6. The molecule has 0 aliphatic rings. The maximum atomic E-state index is 12.9. The van der Waals surface area contributed by atoms with Gasteiger partial charge in [0.2, 0.25) is 11.7 Å². The summed E-state index contributed by atoms with van der Waals surface area (Å²) in [7, 11) is 0. The number of fused-ring (bicyclic) bond motifs is 3. The molecule has 32 heavy (non-hydrogen) atoms. The number of amides is 1. The van der Waals surface area contributed by atoms with Crippen LogP contribution >= 0.6 is 11.8 Å². The molecule has 1 amide bonds. The second-order valence-electron chi connectivity index (χ2n) is 8.01. The van der Waals surface area contributed by atoms with E-state index < -0.39 is 0 Å². The molecule has 4 rings (SSSR count). The minimum atomic E-state index is -0.0897. The molecule has 0 saturated carbocycles. The number of thioether (sulfide) groups is 1. The molecule has 1 N–H and O–H groups in total. The van der Waals surface area contributed by atoms with Crippen molar-refractivity contribution in [2.45, 2.75) is 51.9 Å². The first kappa shape index (κ1) is 22.1. The van der Waals surface area contributed by atoms with Gasteiger partial charge in [0.15, 0.2) is 5.16 Å². The molecule has 166 valence electrons. The molecule has 2 heterocycles. The Morgan fingerprint density at radius 3 is 2.66 bits per heavy atom. The van der Waals surface area contributed by atoms with Crippen molar-refractivity contribution in [3.63, 3.8) is 0 Å². The van der Waals surface area contributed by atoms with E-state index in [9.17, 15) is 9.59 Å². The SMILES string of the molecule is CCCn1c(=O)c2ccccc2n2c(SCC(=O)NC(C)c3ccc(C)c(C)c3)nnc12. The lowest BCUT2D eigenvalue weighted by Gasteiger charge is -2.15. The molecule has 0 fully saturated rings. The van der Waals surface area contributed by atoms with Crippen LogP contribution in [0, 0.1) is 13.8 Å². The maximum Gasteiger partial charge on any atom is 0.262 e. The van der Waals surface area contributed by atoms with Gasteiger partial charge in [-0.15, -0.1) is 10.2 Å². The fourth-order valence-corrected chi connectivity index (χ4v) is 4.53. The molecule has 8 heteroatoms. The van der Waals surface area contributed by atoms with Gasteiger partial charge in [-0.3, -0.25) is 18.6 Å². The van der Waals surface area contributed by atoms with Crippen LogP contribution in [0.3, 0.4) is 0 Å². The largest absolute Gasteiger partial charge is 0.349 e. The van der Waals surface area contributed by atoms with Crippen molar-refractivity contribution >= 4 is 34.3 Å². The Balaban J connectivity index is 1.57. The molecule has 1 unspecified atom stereocenters. The summed E-state index contributed by atoms with van der Waals surface area (Å²) >= 11 is 1.32. The Labute approximate surface area is 190 Å². The van der Waals surface area contributed by atoms with Crippen LogP contribution < -0.4 is 10.9 Å². The number of carbonyl (C=O) groups is 1. The van der Waals surface area contributed by atoms with Crippen molar-refractivity contribution in [1.29, 1.82) is 0 Å². The molecule has 0 aliphatic carbocycles. The molecule has 0 saturated heterocycles. The summed E-state index contributed by atoms with van der Waals surface area (Å²) in [5.41, 5.74) is 4.19. The number of nitrogens with one attached hydrogen (secondary N) is 1. The second kappa shape index (κ2) is 9.16. The average molecular weight is 450 g/mol. The van der Waals surface area contributed by atoms with Gasteiger partial charge in [-0.2, -0.15) is 0 Å². The van der Waals surface area contributed by atoms with Crippen LogP contribution in [0.4, 0.5) is 0 Å². The highest BCUT2D eigenvalue weighted by molar-refractivity contribution is 7.99. The van der Waals surface area contributed by atoms with Crippen molar-refractivity contribution in [3.05, 3.63) is 69.5 Å². The highest BCUT2D eigenvalue weighted by Crippen LogP contribution is 2.22. The first-order valence-corrected chi connectivity index (χ1v) is 11.7. The van der Waals surface area contributed by atoms with E-state index in [2.05, 4.69) is 41.5 Å². The Morgan fingerprint density at radius 1 is 1.12 bits per heavy atom. The fraction of sp³-hybridized carbons (Fsp3) is 0.333. The quantitative estimate of drug-likeness (QED) is 0.431. The normalized spacial score (nSPS) is 12.4. The van der Waals surface area contributed by atoms with Gasteiger partial charge in [-0.25, -0.2) is 0 Å². The molecule has 0 spiro atoms. The number of rotatable bonds is 7. The second-order valence-corrected chi connectivity index (χ2v) is 8.96. The summed E-state index contributed by atoms with van der Waals surface area (Å²) in [5.74, 6) is 0.627. The molecule has 0 aliphatic heterocycles. The van der Waals surface area contributed by atoms with Gasteiger partial charge in [-0.05, 0) is 56.0 Å². The molecule has 0 bridgehead atoms. The van der Waals surface area contributed by atoms with Gasteiger partial charge < -0.3 is 5.32 Å². The smallest absolute Gasteiger partial charge is 0.262 e. The molecule has 4 aromatic rings. The summed E-state index contributed by atoms with van der Waals surface area (Å²) in [6.45, 7) is 8.71. The molecule has 7 nitrogen and oxygen atoms in total. The predicted octanol–water partition coefficient (Wildman–Crippen LogP) is 4.04. The topological polar surface area (TPSA) is 81.3 Å². The third-order valence-corrected chi connectivity index (χ3v) is 6.60. The Hall–Kier alpha value is -3.13. The van der Waals surface area contributed by atoms with Crippen LogP contribution in [0.1, 0.15) is 43.0 Å². The molecule has 0 radical (unpaired) electrons. The monoisotopic (exact) mass is 449 g/mol. The van der Waals surface area contributed by atoms with Crippen molar-refractivity contribution in [2.24, 2.45) is 0 Å². The number of aromatic nitrogens is 4. The lowest BCUT2D eigenvalue weighted by molar-refractivity contribution is -0.119. The summed E-state index contributed by atoms with van der Waals surface area (Å²) in [6.07, 6.45) is 0.808. The summed E-state index contributed by atoms with van der Waals surface area (Å²) < 4.78 is 3.53. The van der Waals surface area contributed by atoms with Crippen LogP contribution in [0.2, 0.25) is 0 Å². The van der Waals surface area contributed by atoms with Gasteiger partial charge in [0.1, 0.15) is 0 Å².